The van der Waals surface area contributed by atoms with Gasteiger partial charge in [0.1, 0.15) is 35.8 Å². The Labute approximate surface area is 204 Å². The van der Waals surface area contributed by atoms with E-state index in [9.17, 15) is 19.2 Å². The van der Waals surface area contributed by atoms with Crippen LogP contribution in [0, 0.1) is 0 Å². The number of hydrogen-bond acceptors (Lipinski definition) is 14. The van der Waals surface area contributed by atoms with Crippen molar-refractivity contribution in [1.82, 2.24) is 0 Å². The summed E-state index contributed by atoms with van der Waals surface area (Å²) in [5.74, 6) is -1.48. The summed E-state index contributed by atoms with van der Waals surface area (Å²) in [6, 6.07) is 12.3. The van der Waals surface area contributed by atoms with Crippen molar-refractivity contribution >= 4 is 24.2 Å². The molecule has 0 unspecified atom stereocenters. The zero-order valence-corrected chi connectivity index (χ0v) is 19.2. The second-order valence-corrected chi connectivity index (χ2v) is 6.10. The third kappa shape index (κ3) is 9.36. The molecule has 0 aromatic heterocycles. The first-order valence-corrected chi connectivity index (χ1v) is 10.3. The van der Waals surface area contributed by atoms with Gasteiger partial charge in [0.05, 0.1) is 23.3 Å². The standard InChI is InChI=1S/C22H22O14/c1-3-27-17-11-7-5-9-15(17)19(23)31-35-33-21(25)29-13-14-30-22(26)34-36-32-20(24)16-10-6-8-12-18(16)28-4-2/h5-12H,3-4,13-14H2,1-2H3. The van der Waals surface area contributed by atoms with E-state index in [1.54, 1.807) is 38.1 Å². The van der Waals surface area contributed by atoms with Gasteiger partial charge in [-0.2, -0.15) is 0 Å². The molecule has 2 rings (SSSR count). The smallest absolute Gasteiger partial charge is 0.493 e. The topological polar surface area (TPSA) is 161 Å². The number of para-hydroxylation sites is 2. The summed E-state index contributed by atoms with van der Waals surface area (Å²) in [7, 11) is 0. The van der Waals surface area contributed by atoms with Crippen LogP contribution in [-0.4, -0.2) is 50.7 Å². The summed E-state index contributed by atoms with van der Waals surface area (Å²) in [6.07, 6.45) is -2.81. The fourth-order valence-electron chi connectivity index (χ4n) is 2.37. The molecule has 0 heterocycles. The molecule has 0 aliphatic carbocycles. The van der Waals surface area contributed by atoms with Crippen LogP contribution in [-0.2, 0) is 39.1 Å². The second-order valence-electron chi connectivity index (χ2n) is 6.10. The third-order valence-electron chi connectivity index (χ3n) is 3.76. The van der Waals surface area contributed by atoms with E-state index < -0.39 is 37.5 Å². The van der Waals surface area contributed by atoms with E-state index in [1.165, 1.54) is 24.3 Å². The molecule has 0 bridgehead atoms. The minimum Gasteiger partial charge on any atom is -0.493 e. The van der Waals surface area contributed by atoms with Crippen LogP contribution in [0.1, 0.15) is 34.6 Å². The maximum atomic E-state index is 11.9. The molecule has 14 heteroatoms. The summed E-state index contributed by atoms with van der Waals surface area (Å²) >= 11 is 0. The number of hydrogen-bond donors (Lipinski definition) is 0. The Morgan fingerprint density at radius 3 is 1.36 bits per heavy atom. The first kappa shape index (κ1) is 27.7. The molecule has 0 spiro atoms. The quantitative estimate of drug-likeness (QED) is 0.167. The second kappa shape index (κ2) is 15.4. The molecule has 0 radical (unpaired) electrons. The molecule has 0 fully saturated rings. The fraction of sp³-hybridized carbons (Fsp3) is 0.273. The van der Waals surface area contributed by atoms with Gasteiger partial charge in [0.2, 0.25) is 0 Å². The molecule has 0 atom stereocenters. The van der Waals surface area contributed by atoms with Crippen LogP contribution < -0.4 is 9.47 Å². The van der Waals surface area contributed by atoms with Gasteiger partial charge in [-0.15, -0.1) is 0 Å². The van der Waals surface area contributed by atoms with E-state index in [0.717, 1.165) is 0 Å². The van der Waals surface area contributed by atoms with E-state index in [-0.39, 0.29) is 22.6 Å². The van der Waals surface area contributed by atoms with E-state index in [2.05, 4.69) is 39.1 Å². The predicted octanol–water partition coefficient (Wildman–Crippen LogP) is 3.50. The third-order valence-corrected chi connectivity index (χ3v) is 3.76. The van der Waals surface area contributed by atoms with Crippen LogP contribution in [0.15, 0.2) is 48.5 Å². The van der Waals surface area contributed by atoms with Crippen LogP contribution >= 0.6 is 0 Å². The number of carbonyl (C=O) groups excluding carboxylic acids is 4. The zero-order chi connectivity index (χ0) is 26.2. The van der Waals surface area contributed by atoms with Gasteiger partial charge in [0.15, 0.2) is 0 Å². The van der Waals surface area contributed by atoms with Crippen molar-refractivity contribution in [3.05, 3.63) is 59.7 Å². The largest absolute Gasteiger partial charge is 0.543 e. The summed E-state index contributed by atoms with van der Waals surface area (Å²) in [4.78, 5) is 63.5. The SMILES string of the molecule is CCOc1ccccc1C(=O)OOOC(=O)OCCOC(=O)OOOC(=O)c1ccccc1OCC. The monoisotopic (exact) mass is 510 g/mol. The highest BCUT2D eigenvalue weighted by Gasteiger charge is 2.18. The fourth-order valence-corrected chi connectivity index (χ4v) is 2.37. The Kier molecular flexibility index (Phi) is 11.8. The lowest BCUT2D eigenvalue weighted by Gasteiger charge is -2.08. The lowest BCUT2D eigenvalue weighted by molar-refractivity contribution is -0.453. The van der Waals surface area contributed by atoms with E-state index in [4.69, 9.17) is 9.47 Å². The normalized spacial score (nSPS) is 9.94. The van der Waals surface area contributed by atoms with Gasteiger partial charge < -0.3 is 18.9 Å². The van der Waals surface area contributed by atoms with Crippen LogP contribution in [0.2, 0.25) is 0 Å². The van der Waals surface area contributed by atoms with Crippen molar-refractivity contribution in [3.8, 4) is 11.5 Å². The Hall–Kier alpha value is -4.56. The minimum atomic E-state index is -1.41. The first-order chi connectivity index (χ1) is 17.5. The molecule has 36 heavy (non-hydrogen) atoms. The molecular weight excluding hydrogens is 488 g/mol. The van der Waals surface area contributed by atoms with Crippen molar-refractivity contribution in [3.63, 3.8) is 0 Å². The highest BCUT2D eigenvalue weighted by atomic mass is 17.5. The van der Waals surface area contributed by atoms with Crippen LogP contribution in [0.5, 0.6) is 11.5 Å². The number of benzene rings is 2. The number of ether oxygens (including phenoxy) is 4. The summed E-state index contributed by atoms with van der Waals surface area (Å²) in [5.41, 5.74) is 0.0734. The van der Waals surface area contributed by atoms with E-state index in [0.29, 0.717) is 13.2 Å². The Bertz CT molecular complexity index is 940. The molecule has 2 aromatic carbocycles. The average Bonchev–Trinajstić information content (AvgIpc) is 2.87. The minimum absolute atomic E-state index is 0.0367. The molecular formula is C22H22O14. The van der Waals surface area contributed by atoms with Gasteiger partial charge >= 0.3 is 24.2 Å². The molecule has 0 amide bonds. The molecule has 194 valence electrons. The van der Waals surface area contributed by atoms with Crippen LogP contribution in [0.3, 0.4) is 0 Å². The number of rotatable bonds is 13. The van der Waals surface area contributed by atoms with Crippen LogP contribution in [0.4, 0.5) is 9.59 Å². The predicted molar refractivity (Wildman–Crippen MR) is 113 cm³/mol. The van der Waals surface area contributed by atoms with Gasteiger partial charge in [-0.3, -0.25) is 9.78 Å². The first-order valence-electron chi connectivity index (χ1n) is 10.3. The van der Waals surface area contributed by atoms with E-state index in [1.807, 2.05) is 0 Å². The Morgan fingerprint density at radius 1 is 0.583 bits per heavy atom. The van der Waals surface area contributed by atoms with Gasteiger partial charge in [0.25, 0.3) is 0 Å². The summed E-state index contributed by atoms with van der Waals surface area (Å²) < 4.78 is 19.5. The van der Waals surface area contributed by atoms with E-state index >= 15 is 0 Å². The van der Waals surface area contributed by atoms with Gasteiger partial charge in [0, 0.05) is 0 Å². The highest BCUT2D eigenvalue weighted by Crippen LogP contribution is 2.20. The van der Waals surface area contributed by atoms with Crippen molar-refractivity contribution in [1.29, 1.82) is 0 Å². The Morgan fingerprint density at radius 2 is 0.972 bits per heavy atom. The maximum Gasteiger partial charge on any atom is 0.543 e. The average molecular weight is 510 g/mol. The molecule has 2 aromatic rings. The molecule has 0 saturated carbocycles. The summed E-state index contributed by atoms with van der Waals surface area (Å²) in [6.45, 7) is 3.08. The summed E-state index contributed by atoms with van der Waals surface area (Å²) in [5, 5.41) is 8.14. The van der Waals surface area contributed by atoms with Gasteiger partial charge in [-0.1, -0.05) is 24.3 Å². The van der Waals surface area contributed by atoms with Crippen molar-refractivity contribution < 1.29 is 67.8 Å². The van der Waals surface area contributed by atoms with Crippen LogP contribution in [0.25, 0.3) is 0 Å². The molecule has 0 saturated heterocycles. The van der Waals surface area contributed by atoms with Crippen molar-refractivity contribution in [2.75, 3.05) is 26.4 Å². The Balaban J connectivity index is 1.58. The van der Waals surface area contributed by atoms with Crippen molar-refractivity contribution in [2.24, 2.45) is 0 Å². The molecule has 14 nitrogen and oxygen atoms in total. The molecule has 0 aliphatic rings. The lowest BCUT2D eigenvalue weighted by Crippen LogP contribution is -2.17. The van der Waals surface area contributed by atoms with Gasteiger partial charge in [-0.05, 0) is 38.1 Å². The maximum absolute atomic E-state index is 11.9. The lowest BCUT2D eigenvalue weighted by atomic mass is 10.2. The molecule has 0 N–H and O–H groups in total. The number of carbonyl (C=O) groups is 4. The zero-order valence-electron chi connectivity index (χ0n) is 19.2. The highest BCUT2D eigenvalue weighted by molar-refractivity contribution is 5.92. The van der Waals surface area contributed by atoms with Gasteiger partial charge in [-0.25, -0.2) is 29.0 Å². The van der Waals surface area contributed by atoms with Crippen molar-refractivity contribution in [2.45, 2.75) is 13.8 Å². The molecule has 0 aliphatic heterocycles.